The van der Waals surface area contributed by atoms with Crippen LogP contribution in [0.5, 0.6) is 0 Å². The minimum absolute atomic E-state index is 0.499. The van der Waals surface area contributed by atoms with Crippen molar-refractivity contribution in [1.29, 1.82) is 0 Å². The van der Waals surface area contributed by atoms with Gasteiger partial charge in [0.1, 0.15) is 0 Å². The third-order valence-corrected chi connectivity index (χ3v) is 5.36. The van der Waals surface area contributed by atoms with E-state index < -0.39 is 0 Å². The van der Waals surface area contributed by atoms with Gasteiger partial charge in [0.25, 0.3) is 0 Å². The average molecular weight is 227 g/mol. The summed E-state index contributed by atoms with van der Waals surface area (Å²) < 4.78 is 0. The molecule has 17 heavy (non-hydrogen) atoms. The van der Waals surface area contributed by atoms with Gasteiger partial charge < -0.3 is 4.90 Å². The van der Waals surface area contributed by atoms with Gasteiger partial charge in [-0.05, 0) is 66.7 Å². The van der Waals surface area contributed by atoms with E-state index >= 15 is 0 Å². The molecule has 0 aromatic heterocycles. The van der Waals surface area contributed by atoms with Crippen LogP contribution in [0.3, 0.4) is 0 Å². The average Bonchev–Trinajstić information content (AvgIpc) is 2.68. The fourth-order valence-corrected chi connectivity index (χ4v) is 4.39. The summed E-state index contributed by atoms with van der Waals surface area (Å²) >= 11 is 0. The van der Waals surface area contributed by atoms with Crippen molar-refractivity contribution >= 4 is 5.69 Å². The van der Waals surface area contributed by atoms with Gasteiger partial charge in [-0.1, -0.05) is 13.0 Å². The molecule has 1 aliphatic carbocycles. The monoisotopic (exact) mass is 227 g/mol. The summed E-state index contributed by atoms with van der Waals surface area (Å²) in [5, 5.41) is 0. The van der Waals surface area contributed by atoms with Crippen molar-refractivity contribution in [3.05, 3.63) is 28.3 Å². The second-order valence-corrected chi connectivity index (χ2v) is 6.46. The molecule has 0 amide bonds. The number of rotatable bonds is 0. The van der Waals surface area contributed by atoms with Crippen LogP contribution < -0.4 is 4.90 Å². The third-order valence-electron chi connectivity index (χ3n) is 5.36. The number of benzene rings is 1. The first kappa shape index (κ1) is 9.99. The van der Waals surface area contributed by atoms with Crippen LogP contribution in [0.4, 0.5) is 5.69 Å². The molecule has 3 aliphatic rings. The Hall–Kier alpha value is -0.980. The maximum atomic E-state index is 2.67. The van der Waals surface area contributed by atoms with Crippen LogP contribution >= 0.6 is 0 Å². The van der Waals surface area contributed by atoms with Crippen LogP contribution in [0, 0.1) is 6.92 Å². The van der Waals surface area contributed by atoms with Gasteiger partial charge in [0.15, 0.2) is 0 Å². The predicted octanol–water partition coefficient (Wildman–Crippen LogP) is 3.36. The van der Waals surface area contributed by atoms with Crippen molar-refractivity contribution in [2.75, 3.05) is 18.0 Å². The first-order chi connectivity index (χ1) is 8.19. The smallest absolute Gasteiger partial charge is 0.0439 e. The Kier molecular flexibility index (Phi) is 1.80. The van der Waals surface area contributed by atoms with E-state index in [-0.39, 0.29) is 0 Å². The second kappa shape index (κ2) is 3.07. The first-order valence-corrected chi connectivity index (χ1v) is 7.10. The molecule has 0 radical (unpaired) electrons. The summed E-state index contributed by atoms with van der Waals surface area (Å²) in [5.41, 5.74) is 8.80. The molecular formula is C16H21N. The van der Waals surface area contributed by atoms with Crippen molar-refractivity contribution in [1.82, 2.24) is 0 Å². The minimum atomic E-state index is 0.499. The molecule has 1 aromatic rings. The fourth-order valence-electron chi connectivity index (χ4n) is 4.39. The maximum Gasteiger partial charge on any atom is 0.0439 e. The zero-order chi connectivity index (χ0) is 11.6. The quantitative estimate of drug-likeness (QED) is 0.657. The molecule has 0 saturated carbocycles. The molecule has 1 aromatic carbocycles. The Morgan fingerprint density at radius 2 is 2.06 bits per heavy atom. The van der Waals surface area contributed by atoms with Gasteiger partial charge in [0.2, 0.25) is 0 Å². The second-order valence-electron chi connectivity index (χ2n) is 6.46. The van der Waals surface area contributed by atoms with Gasteiger partial charge >= 0.3 is 0 Å². The Morgan fingerprint density at radius 1 is 1.18 bits per heavy atom. The lowest BCUT2D eigenvalue weighted by atomic mass is 9.74. The molecule has 4 rings (SSSR count). The van der Waals surface area contributed by atoms with Gasteiger partial charge in [-0.3, -0.25) is 0 Å². The molecule has 0 spiro atoms. The molecule has 0 N–H and O–H groups in total. The van der Waals surface area contributed by atoms with Crippen molar-refractivity contribution < 1.29 is 0 Å². The summed E-state index contributed by atoms with van der Waals surface area (Å²) in [6.07, 6.45) is 6.72. The van der Waals surface area contributed by atoms with E-state index in [2.05, 4.69) is 24.8 Å². The number of aryl methyl sites for hydroxylation is 2. The van der Waals surface area contributed by atoms with Crippen molar-refractivity contribution in [3.8, 4) is 0 Å². The molecule has 1 unspecified atom stereocenters. The highest BCUT2D eigenvalue weighted by Gasteiger charge is 2.43. The highest BCUT2D eigenvalue weighted by Crippen LogP contribution is 2.52. The molecule has 90 valence electrons. The highest BCUT2D eigenvalue weighted by atomic mass is 15.1. The lowest BCUT2D eigenvalue weighted by molar-refractivity contribution is 0.409. The van der Waals surface area contributed by atoms with Gasteiger partial charge in [-0.25, -0.2) is 0 Å². The molecule has 0 saturated heterocycles. The van der Waals surface area contributed by atoms with Crippen molar-refractivity contribution in [3.63, 3.8) is 0 Å². The third kappa shape index (κ3) is 1.15. The minimum Gasteiger partial charge on any atom is -0.371 e. The van der Waals surface area contributed by atoms with E-state index in [0.29, 0.717) is 5.41 Å². The predicted molar refractivity (Wildman–Crippen MR) is 72.0 cm³/mol. The van der Waals surface area contributed by atoms with E-state index in [1.807, 2.05) is 0 Å². The van der Waals surface area contributed by atoms with Crippen LogP contribution in [0.15, 0.2) is 6.07 Å². The van der Waals surface area contributed by atoms with Gasteiger partial charge in [0.05, 0.1) is 0 Å². The summed E-state index contributed by atoms with van der Waals surface area (Å²) in [5.74, 6) is 0. The first-order valence-electron chi connectivity index (χ1n) is 7.10. The number of nitrogens with zero attached hydrogens (tertiary/aromatic N) is 1. The number of hydrogen-bond acceptors (Lipinski definition) is 1. The highest BCUT2D eigenvalue weighted by molar-refractivity contribution is 5.70. The van der Waals surface area contributed by atoms with Crippen LogP contribution in [0.2, 0.25) is 0 Å². The van der Waals surface area contributed by atoms with E-state index in [1.165, 1.54) is 45.2 Å². The van der Waals surface area contributed by atoms with E-state index in [4.69, 9.17) is 0 Å². The van der Waals surface area contributed by atoms with E-state index in [9.17, 15) is 0 Å². The summed E-state index contributed by atoms with van der Waals surface area (Å²) in [6, 6.07) is 2.48. The fraction of sp³-hybridized carbons (Fsp3) is 0.625. The molecule has 0 bridgehead atoms. The molecular weight excluding hydrogens is 206 g/mol. The van der Waals surface area contributed by atoms with Crippen LogP contribution in [-0.4, -0.2) is 13.1 Å². The van der Waals surface area contributed by atoms with Gasteiger partial charge in [-0.2, -0.15) is 0 Å². The largest absolute Gasteiger partial charge is 0.371 e. The van der Waals surface area contributed by atoms with Crippen LogP contribution in [0.25, 0.3) is 0 Å². The van der Waals surface area contributed by atoms with Crippen molar-refractivity contribution in [2.45, 2.75) is 51.4 Å². The lowest BCUT2D eigenvalue weighted by Crippen LogP contribution is -2.40. The van der Waals surface area contributed by atoms with Gasteiger partial charge in [0, 0.05) is 18.8 Å². The molecule has 2 aliphatic heterocycles. The number of anilines is 1. The standard InChI is InChI=1S/C16H21N/c1-11-10-12-4-3-8-17-9-7-16(2)6-5-13(11)14(16)15(12)17/h10H,3-9H2,1-2H3. The summed E-state index contributed by atoms with van der Waals surface area (Å²) in [7, 11) is 0. The molecule has 1 atom stereocenters. The molecule has 1 nitrogen and oxygen atoms in total. The van der Waals surface area contributed by atoms with Crippen molar-refractivity contribution in [2.24, 2.45) is 0 Å². The van der Waals surface area contributed by atoms with E-state index in [1.54, 1.807) is 27.9 Å². The SMILES string of the molecule is Cc1cc2c3c4c1CCC4(C)CCN3CCC2. The van der Waals surface area contributed by atoms with E-state index in [0.717, 1.165) is 0 Å². The normalized spacial score (nSPS) is 29.4. The molecule has 1 heteroatoms. The molecule has 0 fully saturated rings. The number of hydrogen-bond donors (Lipinski definition) is 0. The zero-order valence-corrected chi connectivity index (χ0v) is 11.0. The van der Waals surface area contributed by atoms with Gasteiger partial charge in [-0.15, -0.1) is 0 Å². The molecule has 2 heterocycles. The zero-order valence-electron chi connectivity index (χ0n) is 11.0. The Labute approximate surface area is 104 Å². The lowest BCUT2D eigenvalue weighted by Gasteiger charge is -2.43. The van der Waals surface area contributed by atoms with Crippen LogP contribution in [-0.2, 0) is 18.3 Å². The topological polar surface area (TPSA) is 3.24 Å². The summed E-state index contributed by atoms with van der Waals surface area (Å²) in [4.78, 5) is 2.67. The summed E-state index contributed by atoms with van der Waals surface area (Å²) in [6.45, 7) is 7.41. The maximum absolute atomic E-state index is 2.67. The Morgan fingerprint density at radius 3 is 2.94 bits per heavy atom. The Balaban J connectivity index is 2.07. The van der Waals surface area contributed by atoms with Crippen LogP contribution in [0.1, 0.15) is 48.4 Å². The Bertz CT molecular complexity index is 503.